The van der Waals surface area contributed by atoms with Crippen LogP contribution in [0.5, 0.6) is 5.75 Å². The Morgan fingerprint density at radius 1 is 1.05 bits per heavy atom. The molecule has 0 spiro atoms. The number of sulfonamides is 1. The zero-order chi connectivity index (χ0) is 28.0. The number of anilines is 1. The number of rotatable bonds is 12. The summed E-state index contributed by atoms with van der Waals surface area (Å²) in [6.07, 6.45) is 3.62. The Morgan fingerprint density at radius 3 is 2.46 bits per heavy atom. The van der Waals surface area contributed by atoms with E-state index >= 15 is 0 Å². The Hall–Kier alpha value is -2.53. The Kier molecular flexibility index (Phi) is 9.98. The highest BCUT2D eigenvalue weighted by molar-refractivity contribution is 7.89. The topological polar surface area (TPSA) is 83.0 Å². The van der Waals surface area contributed by atoms with E-state index in [0.717, 1.165) is 49.0 Å². The average Bonchev–Trinajstić information content (AvgIpc) is 3.40. The number of likely N-dealkylation sites (N-methyl/N-ethyl adjacent to an activating group) is 1. The molecule has 0 saturated carbocycles. The molecular formula is C29H40N4O4S2. The first-order chi connectivity index (χ1) is 18.8. The van der Waals surface area contributed by atoms with Crippen molar-refractivity contribution in [2.75, 3.05) is 44.2 Å². The fourth-order valence-electron chi connectivity index (χ4n) is 5.12. The monoisotopic (exact) mass is 572 g/mol. The van der Waals surface area contributed by atoms with E-state index in [-0.39, 0.29) is 16.8 Å². The van der Waals surface area contributed by atoms with Crippen molar-refractivity contribution in [2.24, 2.45) is 0 Å². The van der Waals surface area contributed by atoms with E-state index < -0.39 is 10.0 Å². The number of aromatic nitrogens is 1. The third-order valence-electron chi connectivity index (χ3n) is 7.43. The molecule has 3 aromatic rings. The van der Waals surface area contributed by atoms with Crippen molar-refractivity contribution in [2.45, 2.75) is 64.3 Å². The molecule has 1 atom stereocenters. The Morgan fingerprint density at radius 2 is 1.79 bits per heavy atom. The Balaban J connectivity index is 1.64. The number of hydrogen-bond donors (Lipinski definition) is 0. The second-order valence-corrected chi connectivity index (χ2v) is 12.6. The van der Waals surface area contributed by atoms with Crippen LogP contribution >= 0.6 is 11.3 Å². The molecular weight excluding hydrogens is 532 g/mol. The molecule has 1 aromatic heterocycles. The molecule has 39 heavy (non-hydrogen) atoms. The van der Waals surface area contributed by atoms with Crippen molar-refractivity contribution >= 4 is 42.6 Å². The molecule has 0 N–H and O–H groups in total. The zero-order valence-corrected chi connectivity index (χ0v) is 25.1. The number of thiazole rings is 1. The van der Waals surface area contributed by atoms with Crippen molar-refractivity contribution in [3.05, 3.63) is 48.0 Å². The fourth-order valence-corrected chi connectivity index (χ4v) is 7.90. The van der Waals surface area contributed by atoms with Crippen molar-refractivity contribution in [1.29, 1.82) is 0 Å². The normalized spacial score (nSPS) is 16.6. The van der Waals surface area contributed by atoms with E-state index in [1.165, 1.54) is 11.3 Å². The minimum atomic E-state index is -3.62. The van der Waals surface area contributed by atoms with Crippen molar-refractivity contribution in [1.82, 2.24) is 14.2 Å². The number of piperidine rings is 1. The largest absolute Gasteiger partial charge is 0.492 e. The third kappa shape index (κ3) is 6.45. The van der Waals surface area contributed by atoms with Gasteiger partial charge in [0.15, 0.2) is 5.13 Å². The third-order valence-corrected chi connectivity index (χ3v) is 10.4. The lowest BCUT2D eigenvalue weighted by Crippen LogP contribution is -2.43. The van der Waals surface area contributed by atoms with Gasteiger partial charge < -0.3 is 9.64 Å². The number of para-hydroxylation sites is 1. The summed E-state index contributed by atoms with van der Waals surface area (Å²) in [5.41, 5.74) is 1.18. The van der Waals surface area contributed by atoms with E-state index in [2.05, 4.69) is 18.7 Å². The predicted molar refractivity (Wildman–Crippen MR) is 159 cm³/mol. The number of ether oxygens (including phenoxy) is 1. The van der Waals surface area contributed by atoms with Crippen LogP contribution in [0.3, 0.4) is 0 Å². The zero-order valence-electron chi connectivity index (χ0n) is 23.4. The van der Waals surface area contributed by atoms with Gasteiger partial charge in [-0.25, -0.2) is 13.4 Å². The molecule has 1 aliphatic heterocycles. The summed E-state index contributed by atoms with van der Waals surface area (Å²) in [5.74, 6) is 0.499. The SMILES string of the molecule is CCOc1cccc2sc(N(CCN(CC)CC)C(=O)c3ccc(S(=O)(=O)N4CCCCC4CC)cc3)nc12. The molecule has 1 amide bonds. The van der Waals surface area contributed by atoms with Gasteiger partial charge in [0.2, 0.25) is 10.0 Å². The van der Waals surface area contributed by atoms with Gasteiger partial charge in [-0.3, -0.25) is 9.69 Å². The van der Waals surface area contributed by atoms with Gasteiger partial charge in [0.05, 0.1) is 16.2 Å². The maximum atomic E-state index is 13.9. The van der Waals surface area contributed by atoms with Crippen LogP contribution in [-0.2, 0) is 10.0 Å². The maximum absolute atomic E-state index is 13.9. The fraction of sp³-hybridized carbons (Fsp3) is 0.517. The quantitative estimate of drug-likeness (QED) is 0.280. The van der Waals surface area contributed by atoms with Crippen LogP contribution in [0.4, 0.5) is 5.13 Å². The lowest BCUT2D eigenvalue weighted by molar-refractivity contribution is 0.0983. The second-order valence-electron chi connectivity index (χ2n) is 9.71. The number of carbonyl (C=O) groups is 1. The summed E-state index contributed by atoms with van der Waals surface area (Å²) in [6.45, 7) is 12.2. The van der Waals surface area contributed by atoms with E-state index in [1.54, 1.807) is 33.5 Å². The minimum Gasteiger partial charge on any atom is -0.492 e. The number of nitrogens with zero attached hydrogens (tertiary/aromatic N) is 4. The number of benzene rings is 2. The summed E-state index contributed by atoms with van der Waals surface area (Å²) in [5, 5.41) is 0.602. The van der Waals surface area contributed by atoms with E-state index in [0.29, 0.717) is 42.7 Å². The molecule has 2 aromatic carbocycles. The van der Waals surface area contributed by atoms with Crippen LogP contribution in [-0.4, -0.2) is 73.9 Å². The summed E-state index contributed by atoms with van der Waals surface area (Å²) in [7, 11) is -3.62. The molecule has 1 aliphatic rings. The van der Waals surface area contributed by atoms with Crippen LogP contribution < -0.4 is 9.64 Å². The van der Waals surface area contributed by atoms with E-state index in [1.807, 2.05) is 32.0 Å². The summed E-state index contributed by atoms with van der Waals surface area (Å²) >= 11 is 1.46. The molecule has 0 radical (unpaired) electrons. The molecule has 10 heteroatoms. The molecule has 8 nitrogen and oxygen atoms in total. The molecule has 0 aliphatic carbocycles. The van der Waals surface area contributed by atoms with E-state index in [9.17, 15) is 13.2 Å². The standard InChI is InChI=1S/C29H40N4O4S2/c1-5-23-12-9-10-19-33(23)39(35,36)24-17-15-22(16-18-24)28(34)32(21-20-31(6-2)7-3)29-30-27-25(37-8-4)13-11-14-26(27)38-29/h11,13-18,23H,5-10,12,19-21H2,1-4H3. The highest BCUT2D eigenvalue weighted by atomic mass is 32.2. The highest BCUT2D eigenvalue weighted by Gasteiger charge is 2.32. The molecule has 0 bridgehead atoms. The average molecular weight is 573 g/mol. The molecule has 212 valence electrons. The molecule has 1 unspecified atom stereocenters. The van der Waals surface area contributed by atoms with Crippen LogP contribution in [0.2, 0.25) is 0 Å². The first kappa shape index (κ1) is 29.5. The highest BCUT2D eigenvalue weighted by Crippen LogP contribution is 2.35. The van der Waals surface area contributed by atoms with Gasteiger partial charge in [-0.05, 0) is 75.7 Å². The van der Waals surface area contributed by atoms with E-state index in [4.69, 9.17) is 9.72 Å². The lowest BCUT2D eigenvalue weighted by Gasteiger charge is -2.34. The van der Waals surface area contributed by atoms with Gasteiger partial charge in [0, 0.05) is 31.2 Å². The summed E-state index contributed by atoms with van der Waals surface area (Å²) < 4.78 is 35.2. The first-order valence-corrected chi connectivity index (χ1v) is 16.3. The van der Waals surface area contributed by atoms with Crippen LogP contribution in [0.25, 0.3) is 10.2 Å². The van der Waals surface area contributed by atoms with Crippen molar-refractivity contribution < 1.29 is 17.9 Å². The summed E-state index contributed by atoms with van der Waals surface area (Å²) in [6, 6.07) is 12.2. The van der Waals surface area contributed by atoms with Crippen molar-refractivity contribution in [3.8, 4) is 5.75 Å². The Labute approximate surface area is 236 Å². The number of hydrogen-bond acceptors (Lipinski definition) is 7. The smallest absolute Gasteiger partial charge is 0.260 e. The lowest BCUT2D eigenvalue weighted by atomic mass is 10.0. The second kappa shape index (κ2) is 13.2. The van der Waals surface area contributed by atoms with Crippen LogP contribution in [0.15, 0.2) is 47.4 Å². The molecule has 4 rings (SSSR count). The number of carbonyl (C=O) groups excluding carboxylic acids is 1. The maximum Gasteiger partial charge on any atom is 0.260 e. The predicted octanol–water partition coefficient (Wildman–Crippen LogP) is 5.64. The summed E-state index contributed by atoms with van der Waals surface area (Å²) in [4.78, 5) is 22.9. The first-order valence-electron chi connectivity index (χ1n) is 14.0. The number of fused-ring (bicyclic) bond motifs is 1. The minimum absolute atomic E-state index is 0.0289. The van der Waals surface area contributed by atoms with Crippen LogP contribution in [0.1, 0.15) is 63.7 Å². The van der Waals surface area contributed by atoms with Gasteiger partial charge in [0.25, 0.3) is 5.91 Å². The van der Waals surface area contributed by atoms with Gasteiger partial charge in [-0.2, -0.15) is 4.31 Å². The molecule has 1 saturated heterocycles. The van der Waals surface area contributed by atoms with Gasteiger partial charge in [0.1, 0.15) is 11.3 Å². The Bertz CT molecular complexity index is 1350. The van der Waals surface area contributed by atoms with Crippen LogP contribution in [0, 0.1) is 0 Å². The number of amides is 1. The van der Waals surface area contributed by atoms with Crippen molar-refractivity contribution in [3.63, 3.8) is 0 Å². The van der Waals surface area contributed by atoms with Gasteiger partial charge >= 0.3 is 0 Å². The van der Waals surface area contributed by atoms with Gasteiger partial charge in [-0.1, -0.05) is 44.6 Å². The van der Waals surface area contributed by atoms with Gasteiger partial charge in [-0.15, -0.1) is 0 Å². The molecule has 2 heterocycles. The molecule has 1 fully saturated rings.